The normalized spacial score (nSPS) is 13.3. The fourth-order valence-electron chi connectivity index (χ4n) is 1.09. The Balaban J connectivity index is 2.54. The summed E-state index contributed by atoms with van der Waals surface area (Å²) in [6, 6.07) is 0.597. The number of aromatic nitrogens is 2. The molecule has 0 N–H and O–H groups in total. The number of hydrogen-bond acceptors (Lipinski definition) is 3. The van der Waals surface area contributed by atoms with Crippen LogP contribution in [0.1, 0.15) is 5.56 Å². The van der Waals surface area contributed by atoms with E-state index in [4.69, 9.17) is 0 Å². The first-order valence-electron chi connectivity index (χ1n) is 3.96. The molecular weight excluding hydrogens is 235 g/mol. The summed E-state index contributed by atoms with van der Waals surface area (Å²) < 4.78 is 66.4. The van der Waals surface area contributed by atoms with Crippen molar-refractivity contribution in [2.24, 2.45) is 0 Å². The van der Waals surface area contributed by atoms with E-state index in [1.54, 1.807) is 0 Å². The highest BCUT2D eigenvalue weighted by Crippen LogP contribution is 2.43. The maximum atomic E-state index is 12.9. The number of halogens is 5. The Labute approximate surface area is 84.9 Å². The van der Waals surface area contributed by atoms with Crippen LogP contribution in [0.4, 0.5) is 22.0 Å². The van der Waals surface area contributed by atoms with Gasteiger partial charge in [0.15, 0.2) is 6.39 Å². The number of alkyl halides is 5. The molecule has 2 aromatic heterocycles. The second kappa shape index (κ2) is 3.13. The molecule has 0 radical (unpaired) electrons. The third kappa shape index (κ3) is 1.50. The van der Waals surface area contributed by atoms with Crippen LogP contribution in [0.25, 0.3) is 11.2 Å². The van der Waals surface area contributed by atoms with E-state index in [1.807, 2.05) is 0 Å². The Morgan fingerprint density at radius 3 is 2.38 bits per heavy atom. The Morgan fingerprint density at radius 2 is 1.75 bits per heavy atom. The summed E-state index contributed by atoms with van der Waals surface area (Å²) in [5, 5.41) is 0. The summed E-state index contributed by atoms with van der Waals surface area (Å²) in [4.78, 5) is 6.76. The van der Waals surface area contributed by atoms with Crippen LogP contribution in [-0.2, 0) is 5.92 Å². The molecule has 16 heavy (non-hydrogen) atoms. The first-order valence-corrected chi connectivity index (χ1v) is 3.96. The summed E-state index contributed by atoms with van der Waals surface area (Å²) >= 11 is 0. The lowest BCUT2D eigenvalue weighted by Crippen LogP contribution is -2.33. The van der Waals surface area contributed by atoms with Crippen LogP contribution in [0.15, 0.2) is 23.1 Å². The maximum Gasteiger partial charge on any atom is 0.458 e. The van der Waals surface area contributed by atoms with E-state index in [9.17, 15) is 22.0 Å². The maximum absolute atomic E-state index is 12.9. The smallest absolute Gasteiger partial charge is 0.425 e. The van der Waals surface area contributed by atoms with Crippen molar-refractivity contribution in [1.29, 1.82) is 0 Å². The molecule has 0 bridgehead atoms. The topological polar surface area (TPSA) is 38.9 Å². The minimum absolute atomic E-state index is 0.0956. The van der Waals surface area contributed by atoms with E-state index in [2.05, 4.69) is 14.4 Å². The standard InChI is InChI=1S/C8H3F5N2O/c9-7(10,8(11,12)13)4-1-5-6(14-2-4)16-3-15-5/h1-3H. The molecule has 0 aliphatic heterocycles. The van der Waals surface area contributed by atoms with Gasteiger partial charge in [0, 0.05) is 6.20 Å². The second-order valence-corrected chi connectivity index (χ2v) is 2.97. The van der Waals surface area contributed by atoms with Crippen molar-refractivity contribution in [2.45, 2.75) is 12.1 Å². The van der Waals surface area contributed by atoms with Gasteiger partial charge >= 0.3 is 12.1 Å². The van der Waals surface area contributed by atoms with Crippen LogP contribution in [0.2, 0.25) is 0 Å². The predicted octanol–water partition coefficient (Wildman–Crippen LogP) is 2.88. The second-order valence-electron chi connectivity index (χ2n) is 2.97. The van der Waals surface area contributed by atoms with Crippen molar-refractivity contribution in [3.63, 3.8) is 0 Å². The molecule has 2 heterocycles. The third-order valence-corrected chi connectivity index (χ3v) is 1.91. The molecule has 86 valence electrons. The minimum atomic E-state index is -5.66. The number of pyridine rings is 1. The third-order valence-electron chi connectivity index (χ3n) is 1.91. The lowest BCUT2D eigenvalue weighted by atomic mass is 10.1. The van der Waals surface area contributed by atoms with E-state index in [1.165, 1.54) is 0 Å². The molecule has 0 saturated heterocycles. The molecule has 3 nitrogen and oxygen atoms in total. The Bertz CT molecular complexity index is 518. The lowest BCUT2D eigenvalue weighted by molar-refractivity contribution is -0.289. The Kier molecular flexibility index (Phi) is 2.11. The van der Waals surface area contributed by atoms with E-state index < -0.39 is 17.7 Å². The number of hydrogen-bond donors (Lipinski definition) is 0. The number of nitrogens with zero attached hydrogens (tertiary/aromatic N) is 2. The first-order chi connectivity index (χ1) is 7.32. The molecule has 0 unspecified atom stereocenters. The van der Waals surface area contributed by atoms with Gasteiger partial charge in [0.05, 0.1) is 5.56 Å². The average molecular weight is 238 g/mol. The molecule has 0 fully saturated rings. The molecule has 0 aliphatic rings. The molecule has 2 rings (SSSR count). The van der Waals surface area contributed by atoms with Gasteiger partial charge in [-0.2, -0.15) is 22.0 Å². The molecule has 0 spiro atoms. The fourth-order valence-corrected chi connectivity index (χ4v) is 1.09. The van der Waals surface area contributed by atoms with Crippen LogP contribution in [0, 0.1) is 0 Å². The number of oxazole rings is 1. The van der Waals surface area contributed by atoms with Gasteiger partial charge < -0.3 is 4.42 Å². The summed E-state index contributed by atoms with van der Waals surface area (Å²) in [6.07, 6.45) is -4.33. The zero-order chi connectivity index (χ0) is 12.0. The van der Waals surface area contributed by atoms with Crippen molar-refractivity contribution in [2.75, 3.05) is 0 Å². The van der Waals surface area contributed by atoms with Crippen molar-refractivity contribution in [3.05, 3.63) is 24.2 Å². The minimum Gasteiger partial charge on any atom is -0.425 e. The zero-order valence-electron chi connectivity index (χ0n) is 7.42. The van der Waals surface area contributed by atoms with Crippen molar-refractivity contribution in [3.8, 4) is 0 Å². The van der Waals surface area contributed by atoms with Crippen LogP contribution in [-0.4, -0.2) is 16.1 Å². The van der Waals surface area contributed by atoms with Gasteiger partial charge in [-0.3, -0.25) is 0 Å². The highest BCUT2D eigenvalue weighted by atomic mass is 19.4. The van der Waals surface area contributed by atoms with E-state index >= 15 is 0 Å². The van der Waals surface area contributed by atoms with Crippen LogP contribution >= 0.6 is 0 Å². The molecule has 0 atom stereocenters. The van der Waals surface area contributed by atoms with Gasteiger partial charge in [-0.15, -0.1) is 0 Å². The zero-order valence-corrected chi connectivity index (χ0v) is 7.42. The van der Waals surface area contributed by atoms with Gasteiger partial charge in [0.1, 0.15) is 5.52 Å². The first kappa shape index (κ1) is 10.8. The SMILES string of the molecule is FC(F)(F)C(F)(F)c1cnc2ocnc2c1. The van der Waals surface area contributed by atoms with E-state index in [0.29, 0.717) is 12.3 Å². The van der Waals surface area contributed by atoms with Crippen LogP contribution in [0.5, 0.6) is 0 Å². The number of rotatable bonds is 1. The predicted molar refractivity (Wildman–Crippen MR) is 41.8 cm³/mol. The lowest BCUT2D eigenvalue weighted by Gasteiger charge is -2.18. The molecule has 2 aromatic rings. The van der Waals surface area contributed by atoms with Gasteiger partial charge in [-0.05, 0) is 6.07 Å². The molecular formula is C8H3F5N2O. The molecule has 0 amide bonds. The van der Waals surface area contributed by atoms with E-state index in [-0.39, 0.29) is 11.2 Å². The average Bonchev–Trinajstić information content (AvgIpc) is 2.61. The van der Waals surface area contributed by atoms with Crippen molar-refractivity contribution >= 4 is 11.2 Å². The Hall–Kier alpha value is -1.73. The van der Waals surface area contributed by atoms with E-state index in [0.717, 1.165) is 6.39 Å². The van der Waals surface area contributed by atoms with Crippen molar-refractivity contribution < 1.29 is 26.4 Å². The summed E-state index contributed by atoms with van der Waals surface area (Å²) in [6.45, 7) is 0. The van der Waals surface area contributed by atoms with Crippen molar-refractivity contribution in [1.82, 2.24) is 9.97 Å². The summed E-state index contributed by atoms with van der Waals surface area (Å²) in [5.74, 6) is -4.95. The molecule has 0 saturated carbocycles. The van der Waals surface area contributed by atoms with Crippen LogP contribution in [0.3, 0.4) is 0 Å². The number of fused-ring (bicyclic) bond motifs is 1. The monoisotopic (exact) mass is 238 g/mol. The Morgan fingerprint density at radius 1 is 1.06 bits per heavy atom. The van der Waals surface area contributed by atoms with Gasteiger partial charge in [-0.25, -0.2) is 9.97 Å². The molecule has 0 aliphatic carbocycles. The summed E-state index contributed by atoms with van der Waals surface area (Å²) in [5.41, 5.74) is -1.51. The van der Waals surface area contributed by atoms with Crippen LogP contribution < -0.4 is 0 Å². The van der Waals surface area contributed by atoms with Gasteiger partial charge in [0.2, 0.25) is 5.71 Å². The van der Waals surface area contributed by atoms with Gasteiger partial charge in [0.25, 0.3) is 0 Å². The fraction of sp³-hybridized carbons (Fsp3) is 0.250. The quantitative estimate of drug-likeness (QED) is 0.717. The molecule has 0 aromatic carbocycles. The van der Waals surface area contributed by atoms with Gasteiger partial charge in [-0.1, -0.05) is 0 Å². The highest BCUT2D eigenvalue weighted by Gasteiger charge is 2.59. The highest BCUT2D eigenvalue weighted by molar-refractivity contribution is 5.68. The molecule has 8 heteroatoms. The summed E-state index contributed by atoms with van der Waals surface area (Å²) in [7, 11) is 0. The largest absolute Gasteiger partial charge is 0.458 e.